The number of aromatic nitrogens is 2. The van der Waals surface area contributed by atoms with Crippen LogP contribution in [-0.2, 0) is 11.8 Å². The van der Waals surface area contributed by atoms with E-state index in [1.165, 1.54) is 0 Å². The molecule has 1 aliphatic rings. The number of anilines is 1. The molecule has 0 bridgehead atoms. The SMILES string of the molecule is Cc1nn(C)c(C(=O)N2CCCOC(C)C2)c1N. The molecule has 2 N–H and O–H groups in total. The number of rotatable bonds is 1. The molecule has 1 aromatic rings. The van der Waals surface area contributed by atoms with Gasteiger partial charge in [0.15, 0.2) is 0 Å². The van der Waals surface area contributed by atoms with Crippen molar-refractivity contribution in [1.82, 2.24) is 14.7 Å². The number of aryl methyl sites for hydroxylation is 2. The Balaban J connectivity index is 2.24. The minimum atomic E-state index is -0.0621. The van der Waals surface area contributed by atoms with E-state index in [1.54, 1.807) is 23.6 Å². The molecule has 18 heavy (non-hydrogen) atoms. The van der Waals surface area contributed by atoms with Crippen molar-refractivity contribution < 1.29 is 9.53 Å². The van der Waals surface area contributed by atoms with Gasteiger partial charge in [0.1, 0.15) is 5.69 Å². The predicted octanol–water partition coefficient (Wildman–Crippen LogP) is 0.562. The van der Waals surface area contributed by atoms with Gasteiger partial charge in [-0.1, -0.05) is 0 Å². The monoisotopic (exact) mass is 252 g/mol. The van der Waals surface area contributed by atoms with Crippen LogP contribution in [0.25, 0.3) is 0 Å². The summed E-state index contributed by atoms with van der Waals surface area (Å²) in [6.07, 6.45) is 0.916. The average Bonchev–Trinajstić information content (AvgIpc) is 2.51. The van der Waals surface area contributed by atoms with Gasteiger partial charge < -0.3 is 15.4 Å². The van der Waals surface area contributed by atoms with Crippen molar-refractivity contribution in [2.75, 3.05) is 25.4 Å². The van der Waals surface area contributed by atoms with Crippen LogP contribution < -0.4 is 5.73 Å². The fourth-order valence-corrected chi connectivity index (χ4v) is 2.26. The van der Waals surface area contributed by atoms with Crippen molar-refractivity contribution in [3.63, 3.8) is 0 Å². The minimum Gasteiger partial charge on any atom is -0.395 e. The Bertz CT molecular complexity index is 455. The Kier molecular flexibility index (Phi) is 3.56. The van der Waals surface area contributed by atoms with Gasteiger partial charge in [-0.25, -0.2) is 0 Å². The van der Waals surface area contributed by atoms with Gasteiger partial charge in [0.05, 0.1) is 17.5 Å². The van der Waals surface area contributed by atoms with Gasteiger partial charge >= 0.3 is 0 Å². The highest BCUT2D eigenvalue weighted by atomic mass is 16.5. The van der Waals surface area contributed by atoms with Gasteiger partial charge in [0.25, 0.3) is 5.91 Å². The number of carbonyl (C=O) groups is 1. The molecule has 6 heteroatoms. The van der Waals surface area contributed by atoms with E-state index in [0.29, 0.717) is 36.8 Å². The number of ether oxygens (including phenoxy) is 1. The van der Waals surface area contributed by atoms with Crippen molar-refractivity contribution in [1.29, 1.82) is 0 Å². The second kappa shape index (κ2) is 4.97. The smallest absolute Gasteiger partial charge is 0.274 e. The second-order valence-corrected chi connectivity index (χ2v) is 4.76. The summed E-state index contributed by atoms with van der Waals surface area (Å²) in [5.74, 6) is -0.0621. The zero-order valence-electron chi connectivity index (χ0n) is 11.1. The Morgan fingerprint density at radius 2 is 2.28 bits per heavy atom. The quantitative estimate of drug-likeness (QED) is 0.792. The highest BCUT2D eigenvalue weighted by Gasteiger charge is 2.26. The van der Waals surface area contributed by atoms with Crippen LogP contribution in [0.1, 0.15) is 29.5 Å². The first-order chi connectivity index (χ1) is 8.50. The van der Waals surface area contributed by atoms with Crippen molar-refractivity contribution in [2.45, 2.75) is 26.4 Å². The maximum Gasteiger partial charge on any atom is 0.274 e. The number of amides is 1. The molecule has 1 aliphatic heterocycles. The van der Waals surface area contributed by atoms with Crippen molar-refractivity contribution in [3.05, 3.63) is 11.4 Å². The predicted molar refractivity (Wildman–Crippen MR) is 68.3 cm³/mol. The number of nitrogens with two attached hydrogens (primary N) is 1. The van der Waals surface area contributed by atoms with Gasteiger partial charge in [0.2, 0.25) is 0 Å². The molecule has 1 fully saturated rings. The first-order valence-electron chi connectivity index (χ1n) is 6.20. The van der Waals surface area contributed by atoms with E-state index >= 15 is 0 Å². The molecule has 1 saturated heterocycles. The molecule has 0 aliphatic carbocycles. The molecule has 1 aromatic heterocycles. The highest BCUT2D eigenvalue weighted by molar-refractivity contribution is 5.98. The Labute approximate surface area is 107 Å². The molecule has 1 atom stereocenters. The van der Waals surface area contributed by atoms with Crippen LogP contribution in [0.15, 0.2) is 0 Å². The number of nitrogens with zero attached hydrogens (tertiary/aromatic N) is 3. The summed E-state index contributed by atoms with van der Waals surface area (Å²) in [4.78, 5) is 14.3. The van der Waals surface area contributed by atoms with Crippen LogP contribution >= 0.6 is 0 Å². The largest absolute Gasteiger partial charge is 0.395 e. The molecular formula is C12H20N4O2. The van der Waals surface area contributed by atoms with Gasteiger partial charge in [-0.2, -0.15) is 5.10 Å². The van der Waals surface area contributed by atoms with Crippen molar-refractivity contribution in [3.8, 4) is 0 Å². The Morgan fingerprint density at radius 1 is 1.56 bits per heavy atom. The van der Waals surface area contributed by atoms with Gasteiger partial charge in [0, 0.05) is 26.7 Å². The van der Waals surface area contributed by atoms with E-state index in [-0.39, 0.29) is 12.0 Å². The summed E-state index contributed by atoms with van der Waals surface area (Å²) >= 11 is 0. The summed E-state index contributed by atoms with van der Waals surface area (Å²) in [5.41, 5.74) is 7.56. The third-order valence-corrected chi connectivity index (χ3v) is 3.21. The highest BCUT2D eigenvalue weighted by Crippen LogP contribution is 2.18. The molecule has 0 radical (unpaired) electrons. The maximum absolute atomic E-state index is 12.5. The molecule has 2 rings (SSSR count). The normalized spacial score (nSPS) is 20.8. The van der Waals surface area contributed by atoms with Gasteiger partial charge in [-0.3, -0.25) is 9.48 Å². The van der Waals surface area contributed by atoms with E-state index in [4.69, 9.17) is 10.5 Å². The summed E-state index contributed by atoms with van der Waals surface area (Å²) in [5, 5.41) is 4.18. The molecule has 6 nitrogen and oxygen atoms in total. The standard InChI is InChI=1S/C12H20N4O2/c1-8-7-16(5-4-6-18-8)12(17)11-10(13)9(2)14-15(11)3/h8H,4-7,13H2,1-3H3. The fraction of sp³-hybridized carbons (Fsp3) is 0.667. The van der Waals surface area contributed by atoms with E-state index < -0.39 is 0 Å². The molecule has 0 aromatic carbocycles. The van der Waals surface area contributed by atoms with Crippen LogP contribution in [0.4, 0.5) is 5.69 Å². The molecule has 0 saturated carbocycles. The summed E-state index contributed by atoms with van der Waals surface area (Å²) in [6.45, 7) is 5.78. The molecule has 2 heterocycles. The van der Waals surface area contributed by atoms with E-state index in [1.807, 2.05) is 6.92 Å². The molecule has 100 valence electrons. The van der Waals surface area contributed by atoms with E-state index in [9.17, 15) is 4.79 Å². The van der Waals surface area contributed by atoms with Gasteiger partial charge in [-0.15, -0.1) is 0 Å². The Morgan fingerprint density at radius 3 is 2.89 bits per heavy atom. The molecule has 0 spiro atoms. The Hall–Kier alpha value is -1.56. The fourth-order valence-electron chi connectivity index (χ4n) is 2.26. The zero-order chi connectivity index (χ0) is 13.3. The average molecular weight is 252 g/mol. The summed E-state index contributed by atoms with van der Waals surface area (Å²) < 4.78 is 7.10. The number of hydrogen-bond acceptors (Lipinski definition) is 4. The maximum atomic E-state index is 12.5. The molecule has 1 amide bonds. The zero-order valence-corrected chi connectivity index (χ0v) is 11.1. The second-order valence-electron chi connectivity index (χ2n) is 4.76. The first-order valence-corrected chi connectivity index (χ1v) is 6.20. The van der Waals surface area contributed by atoms with E-state index in [2.05, 4.69) is 5.10 Å². The molecular weight excluding hydrogens is 232 g/mol. The van der Waals surface area contributed by atoms with E-state index in [0.717, 1.165) is 6.42 Å². The van der Waals surface area contributed by atoms with Crippen LogP contribution in [0.2, 0.25) is 0 Å². The first kappa shape index (κ1) is 12.9. The lowest BCUT2D eigenvalue weighted by atomic mass is 10.2. The van der Waals surface area contributed by atoms with Crippen LogP contribution in [0.3, 0.4) is 0 Å². The van der Waals surface area contributed by atoms with Crippen LogP contribution in [-0.4, -0.2) is 46.4 Å². The lowest BCUT2D eigenvalue weighted by molar-refractivity contribution is 0.0557. The topological polar surface area (TPSA) is 73.4 Å². The van der Waals surface area contributed by atoms with Crippen LogP contribution in [0.5, 0.6) is 0 Å². The summed E-state index contributed by atoms with van der Waals surface area (Å²) in [6, 6.07) is 0. The lowest BCUT2D eigenvalue weighted by Gasteiger charge is -2.22. The number of carbonyl (C=O) groups excluding carboxylic acids is 1. The van der Waals surface area contributed by atoms with Crippen LogP contribution in [0, 0.1) is 6.92 Å². The third kappa shape index (κ3) is 2.33. The lowest BCUT2D eigenvalue weighted by Crippen LogP contribution is -2.37. The third-order valence-electron chi connectivity index (χ3n) is 3.21. The van der Waals surface area contributed by atoms with Crippen molar-refractivity contribution in [2.24, 2.45) is 7.05 Å². The molecule has 1 unspecified atom stereocenters. The number of hydrogen-bond donors (Lipinski definition) is 1. The minimum absolute atomic E-state index is 0.0620. The number of nitrogen functional groups attached to an aromatic ring is 1. The summed E-state index contributed by atoms with van der Waals surface area (Å²) in [7, 11) is 1.74. The van der Waals surface area contributed by atoms with Gasteiger partial charge in [-0.05, 0) is 20.3 Å². The van der Waals surface area contributed by atoms with Crippen molar-refractivity contribution >= 4 is 11.6 Å².